The summed E-state index contributed by atoms with van der Waals surface area (Å²) in [6, 6.07) is 13.7. The molecule has 0 spiro atoms. The highest BCUT2D eigenvalue weighted by Gasteiger charge is 2.10. The Bertz CT molecular complexity index is 941. The molecule has 0 saturated heterocycles. The van der Waals surface area contributed by atoms with Crippen LogP contribution in [-0.4, -0.2) is 54.0 Å². The number of nitrogens with one attached hydrogen (secondary N) is 1. The normalized spacial score (nSPS) is 11.6. The van der Waals surface area contributed by atoms with Gasteiger partial charge in [0, 0.05) is 28.5 Å². The second-order valence-electron chi connectivity index (χ2n) is 7.54. The average Bonchev–Trinajstić information content (AvgIpc) is 2.64. The molecule has 0 amide bonds. The molecule has 0 radical (unpaired) electrons. The lowest BCUT2D eigenvalue weighted by Crippen LogP contribution is -2.20. The van der Waals surface area contributed by atoms with Gasteiger partial charge in [0.25, 0.3) is 0 Å². The number of nitrogens with zero attached hydrogens (tertiary/aromatic N) is 4. The van der Waals surface area contributed by atoms with Crippen molar-refractivity contribution in [3.63, 3.8) is 0 Å². The summed E-state index contributed by atoms with van der Waals surface area (Å²) in [4.78, 5) is 13.9. The number of anilines is 1. The first kappa shape index (κ1) is 21.8. The van der Waals surface area contributed by atoms with Crippen molar-refractivity contribution in [3.05, 3.63) is 63.9 Å². The topological polar surface area (TPSA) is 44.3 Å². The molecular weight excluding hydrogens is 405 g/mol. The molecule has 154 valence electrons. The van der Waals surface area contributed by atoms with Crippen molar-refractivity contribution >= 4 is 39.9 Å². The molecule has 0 atom stereocenters. The van der Waals surface area contributed by atoms with Crippen LogP contribution in [0.4, 0.5) is 5.82 Å². The van der Waals surface area contributed by atoms with Crippen molar-refractivity contribution in [1.29, 1.82) is 0 Å². The first-order chi connectivity index (χ1) is 13.9. The molecule has 1 aromatic heterocycles. The molecule has 0 bridgehead atoms. The van der Waals surface area contributed by atoms with E-state index >= 15 is 0 Å². The first-order valence-electron chi connectivity index (χ1n) is 9.68. The number of halogens is 2. The molecule has 3 rings (SSSR count). The third kappa shape index (κ3) is 6.54. The zero-order valence-corrected chi connectivity index (χ0v) is 18.6. The van der Waals surface area contributed by atoms with Gasteiger partial charge in [0.15, 0.2) is 0 Å². The van der Waals surface area contributed by atoms with Gasteiger partial charge in [0.1, 0.15) is 11.6 Å². The molecule has 0 fully saturated rings. The average molecular weight is 432 g/mol. The molecule has 3 aromatic rings. The predicted octanol–water partition coefficient (Wildman–Crippen LogP) is 4.93. The van der Waals surface area contributed by atoms with E-state index in [1.165, 1.54) is 0 Å². The fraction of sp³-hybridized carbons (Fsp3) is 0.364. The summed E-state index contributed by atoms with van der Waals surface area (Å²) >= 11 is 12.2. The van der Waals surface area contributed by atoms with Crippen molar-refractivity contribution < 1.29 is 0 Å². The molecule has 0 unspecified atom stereocenters. The summed E-state index contributed by atoms with van der Waals surface area (Å²) in [7, 11) is 6.21. The Labute approximate surface area is 182 Å². The van der Waals surface area contributed by atoms with Crippen molar-refractivity contribution in [2.75, 3.05) is 39.5 Å². The molecule has 0 aliphatic rings. The maximum absolute atomic E-state index is 6.12. The maximum Gasteiger partial charge on any atom is 0.145 e. The Morgan fingerprint density at radius 3 is 2.38 bits per heavy atom. The van der Waals surface area contributed by atoms with E-state index in [0.717, 1.165) is 47.6 Å². The van der Waals surface area contributed by atoms with Gasteiger partial charge in [0.2, 0.25) is 0 Å². The van der Waals surface area contributed by atoms with Gasteiger partial charge in [0.05, 0.1) is 12.1 Å². The van der Waals surface area contributed by atoms with Crippen LogP contribution in [0.2, 0.25) is 10.0 Å². The second kappa shape index (κ2) is 10.2. The number of para-hydroxylation sites is 1. The summed E-state index contributed by atoms with van der Waals surface area (Å²) in [6.07, 6.45) is 1.05. The maximum atomic E-state index is 6.12. The lowest BCUT2D eigenvalue weighted by atomic mass is 10.2. The highest BCUT2D eigenvalue weighted by atomic mass is 35.5. The number of benzene rings is 2. The van der Waals surface area contributed by atoms with Gasteiger partial charge in [-0.25, -0.2) is 9.97 Å². The zero-order chi connectivity index (χ0) is 20.8. The number of hydrogen-bond donors (Lipinski definition) is 1. The molecule has 7 heteroatoms. The Balaban J connectivity index is 1.74. The highest BCUT2D eigenvalue weighted by molar-refractivity contribution is 6.34. The highest BCUT2D eigenvalue weighted by Crippen LogP contribution is 2.22. The van der Waals surface area contributed by atoms with Crippen LogP contribution in [0.15, 0.2) is 42.5 Å². The first-order valence-corrected chi connectivity index (χ1v) is 10.4. The lowest BCUT2D eigenvalue weighted by molar-refractivity contribution is 0.311. The van der Waals surface area contributed by atoms with Gasteiger partial charge >= 0.3 is 0 Å². The number of hydrogen-bond acceptors (Lipinski definition) is 5. The molecule has 29 heavy (non-hydrogen) atoms. The van der Waals surface area contributed by atoms with Gasteiger partial charge in [-0.2, -0.15) is 0 Å². The van der Waals surface area contributed by atoms with E-state index in [9.17, 15) is 0 Å². The molecule has 1 N–H and O–H groups in total. The SMILES string of the molecule is CN(C)CCCNc1nc(CN(C)Cc2cc(Cl)cc(Cl)c2)nc2ccccc12. The van der Waals surface area contributed by atoms with E-state index in [-0.39, 0.29) is 0 Å². The van der Waals surface area contributed by atoms with Gasteiger partial charge in [-0.3, -0.25) is 4.90 Å². The largest absolute Gasteiger partial charge is 0.369 e. The van der Waals surface area contributed by atoms with Crippen LogP contribution in [0.25, 0.3) is 10.9 Å². The molecule has 0 aliphatic carbocycles. The standard InChI is InChI=1S/C22H27Cl2N5/c1-28(2)10-6-9-25-22-19-7-4-5-8-20(19)26-21(27-22)15-29(3)14-16-11-17(23)13-18(24)12-16/h4-5,7-8,11-13H,6,9-10,14-15H2,1-3H3,(H,25,26,27). The van der Waals surface area contributed by atoms with Gasteiger partial charge in [-0.15, -0.1) is 0 Å². The van der Waals surface area contributed by atoms with E-state index in [1.807, 2.05) is 37.4 Å². The van der Waals surface area contributed by atoms with Crippen molar-refractivity contribution in [1.82, 2.24) is 19.8 Å². The Kier molecular flexibility index (Phi) is 7.67. The Hall–Kier alpha value is -1.92. The van der Waals surface area contributed by atoms with Crippen LogP contribution in [0.3, 0.4) is 0 Å². The summed E-state index contributed by atoms with van der Waals surface area (Å²) in [6.45, 7) is 3.24. The summed E-state index contributed by atoms with van der Waals surface area (Å²) in [5, 5.41) is 5.83. The van der Waals surface area contributed by atoms with Gasteiger partial charge < -0.3 is 10.2 Å². The quantitative estimate of drug-likeness (QED) is 0.486. The van der Waals surface area contributed by atoms with Crippen molar-refractivity contribution in [2.45, 2.75) is 19.5 Å². The summed E-state index contributed by atoms with van der Waals surface area (Å²) in [5.74, 6) is 1.68. The van der Waals surface area contributed by atoms with Crippen LogP contribution in [0, 0.1) is 0 Å². The van der Waals surface area contributed by atoms with E-state index in [2.05, 4.69) is 35.3 Å². The van der Waals surface area contributed by atoms with Crippen LogP contribution in [0.1, 0.15) is 17.8 Å². The monoisotopic (exact) mass is 431 g/mol. The van der Waals surface area contributed by atoms with Crippen LogP contribution in [-0.2, 0) is 13.1 Å². The Morgan fingerprint density at radius 2 is 1.66 bits per heavy atom. The molecule has 0 saturated carbocycles. The Morgan fingerprint density at radius 1 is 0.931 bits per heavy atom. The number of fused-ring (bicyclic) bond motifs is 1. The van der Waals surface area contributed by atoms with Crippen LogP contribution < -0.4 is 5.32 Å². The van der Waals surface area contributed by atoms with Crippen molar-refractivity contribution in [2.24, 2.45) is 0 Å². The minimum Gasteiger partial charge on any atom is -0.369 e. The molecule has 2 aromatic carbocycles. The number of aromatic nitrogens is 2. The molecule has 0 aliphatic heterocycles. The lowest BCUT2D eigenvalue weighted by Gasteiger charge is -2.18. The molecule has 1 heterocycles. The van der Waals surface area contributed by atoms with E-state index in [4.69, 9.17) is 33.2 Å². The van der Waals surface area contributed by atoms with Gasteiger partial charge in [-0.1, -0.05) is 35.3 Å². The zero-order valence-electron chi connectivity index (χ0n) is 17.1. The van der Waals surface area contributed by atoms with E-state index < -0.39 is 0 Å². The third-order valence-electron chi connectivity index (χ3n) is 4.51. The molecule has 5 nitrogen and oxygen atoms in total. The minimum atomic E-state index is 0.626. The third-order valence-corrected chi connectivity index (χ3v) is 4.95. The summed E-state index contributed by atoms with van der Waals surface area (Å²) < 4.78 is 0. The number of rotatable bonds is 9. The van der Waals surface area contributed by atoms with Crippen LogP contribution >= 0.6 is 23.2 Å². The van der Waals surface area contributed by atoms with Crippen LogP contribution in [0.5, 0.6) is 0 Å². The van der Waals surface area contributed by atoms with Crippen molar-refractivity contribution in [3.8, 4) is 0 Å². The fourth-order valence-electron chi connectivity index (χ4n) is 3.24. The van der Waals surface area contributed by atoms with Gasteiger partial charge in [-0.05, 0) is 70.0 Å². The second-order valence-corrected chi connectivity index (χ2v) is 8.41. The summed E-state index contributed by atoms with van der Waals surface area (Å²) in [5.41, 5.74) is 2.01. The minimum absolute atomic E-state index is 0.626. The smallest absolute Gasteiger partial charge is 0.145 e. The van der Waals surface area contributed by atoms with E-state index in [1.54, 1.807) is 6.07 Å². The molecular formula is C22H27Cl2N5. The van der Waals surface area contributed by atoms with E-state index in [0.29, 0.717) is 23.1 Å². The fourth-order valence-corrected chi connectivity index (χ4v) is 3.81. The predicted molar refractivity (Wildman–Crippen MR) is 123 cm³/mol.